The van der Waals surface area contributed by atoms with E-state index in [-0.39, 0.29) is 30.4 Å². The molecule has 0 bridgehead atoms. The van der Waals surface area contributed by atoms with Crippen LogP contribution < -0.4 is 10.2 Å². The largest absolute Gasteiger partial charge is 0.481 e. The second kappa shape index (κ2) is 10.1. The smallest absolute Gasteiger partial charge is 0.303 e. The number of carbonyl (C=O) groups is 3. The van der Waals surface area contributed by atoms with Crippen molar-refractivity contribution in [1.29, 1.82) is 0 Å². The molecule has 6 heteroatoms. The average molecular weight is 495 g/mol. The van der Waals surface area contributed by atoms with Crippen LogP contribution in [0, 0.1) is 13.8 Å². The van der Waals surface area contributed by atoms with Crippen molar-refractivity contribution < 1.29 is 19.5 Å². The molecule has 3 aromatic carbocycles. The zero-order valence-corrected chi connectivity index (χ0v) is 21.0. The van der Waals surface area contributed by atoms with E-state index in [9.17, 15) is 19.5 Å². The van der Waals surface area contributed by atoms with Gasteiger partial charge in [0.15, 0.2) is 5.78 Å². The summed E-state index contributed by atoms with van der Waals surface area (Å²) in [5.74, 6) is -1.34. The monoisotopic (exact) mass is 494 g/mol. The van der Waals surface area contributed by atoms with E-state index >= 15 is 0 Å². The van der Waals surface area contributed by atoms with Crippen LogP contribution in [0.5, 0.6) is 0 Å². The third-order valence-electron chi connectivity index (χ3n) is 7.25. The summed E-state index contributed by atoms with van der Waals surface area (Å²) in [5, 5.41) is 12.8. The fraction of sp³-hybridized carbons (Fsp3) is 0.258. The van der Waals surface area contributed by atoms with Gasteiger partial charge in [-0.3, -0.25) is 19.3 Å². The summed E-state index contributed by atoms with van der Waals surface area (Å²) in [5.41, 5.74) is 6.93. The lowest BCUT2D eigenvalue weighted by Gasteiger charge is -2.35. The Hall–Kier alpha value is -4.19. The summed E-state index contributed by atoms with van der Waals surface area (Å²) < 4.78 is 0. The second-order valence-electron chi connectivity index (χ2n) is 9.94. The molecule has 2 N–H and O–H groups in total. The molecule has 2 aliphatic rings. The zero-order chi connectivity index (χ0) is 26.1. The molecule has 0 saturated heterocycles. The minimum atomic E-state index is -1.03. The molecule has 2 atom stereocenters. The van der Waals surface area contributed by atoms with Gasteiger partial charge in [-0.05, 0) is 49.4 Å². The fourth-order valence-electron chi connectivity index (χ4n) is 5.34. The van der Waals surface area contributed by atoms with Crippen LogP contribution in [0.4, 0.5) is 11.4 Å². The minimum absolute atomic E-state index is 0.00580. The van der Waals surface area contributed by atoms with E-state index in [1.165, 1.54) is 5.56 Å². The van der Waals surface area contributed by atoms with Gasteiger partial charge in [0.1, 0.15) is 0 Å². The van der Waals surface area contributed by atoms with Crippen LogP contribution in [-0.4, -0.2) is 22.8 Å². The Morgan fingerprint density at radius 2 is 1.49 bits per heavy atom. The van der Waals surface area contributed by atoms with Gasteiger partial charge in [0.2, 0.25) is 5.91 Å². The maximum absolute atomic E-state index is 13.9. The predicted molar refractivity (Wildman–Crippen MR) is 144 cm³/mol. The number of carboxylic acid groups (broad SMARTS) is 1. The lowest BCUT2D eigenvalue weighted by atomic mass is 9.78. The highest BCUT2D eigenvalue weighted by molar-refractivity contribution is 6.06. The number of allylic oxidation sites excluding steroid dienone is 1. The van der Waals surface area contributed by atoms with Gasteiger partial charge in [-0.25, -0.2) is 0 Å². The van der Waals surface area contributed by atoms with E-state index < -0.39 is 12.0 Å². The van der Waals surface area contributed by atoms with Crippen molar-refractivity contribution in [3.63, 3.8) is 0 Å². The molecule has 37 heavy (non-hydrogen) atoms. The molecular weight excluding hydrogens is 464 g/mol. The molecule has 6 nitrogen and oxygen atoms in total. The standard InChI is InChI=1S/C31H30N2O4/c1-19-7-11-21(12-8-19)23-17-25-30(27(34)18-23)31(22-13-9-20(2)10-14-22)33(28(35)15-16-29(36)37)26-6-4-3-5-24(26)32-25/h3-14,23,31-32H,15-18H2,1-2H3,(H,36,37)/t23-,31+/m0/s1. The number of nitrogens with zero attached hydrogens (tertiary/aromatic N) is 1. The van der Waals surface area contributed by atoms with E-state index in [0.717, 1.165) is 28.1 Å². The number of fused-ring (bicyclic) bond motifs is 1. The number of carbonyl (C=O) groups excluding carboxylic acids is 2. The van der Waals surface area contributed by atoms with E-state index in [2.05, 4.69) is 29.6 Å². The molecule has 188 valence electrons. The molecule has 1 aliphatic carbocycles. The Morgan fingerprint density at radius 3 is 2.14 bits per heavy atom. The van der Waals surface area contributed by atoms with E-state index in [1.807, 2.05) is 62.4 Å². The third-order valence-corrected chi connectivity index (χ3v) is 7.25. The number of benzene rings is 3. The van der Waals surface area contributed by atoms with Gasteiger partial charge in [0, 0.05) is 24.1 Å². The molecule has 0 radical (unpaired) electrons. The SMILES string of the molecule is Cc1ccc([C@@H]2CC(=O)C3=C(C2)Nc2ccccc2N(C(=O)CCC(=O)O)[C@@H]3c2ccc(C)cc2)cc1. The summed E-state index contributed by atoms with van der Waals surface area (Å²) in [4.78, 5) is 40.5. The highest BCUT2D eigenvalue weighted by Crippen LogP contribution is 2.47. The van der Waals surface area contributed by atoms with Crippen LogP contribution in [0.15, 0.2) is 84.1 Å². The molecule has 0 aromatic heterocycles. The van der Waals surface area contributed by atoms with Crippen molar-refractivity contribution in [3.8, 4) is 0 Å². The number of carboxylic acids is 1. The first kappa shape index (κ1) is 24.5. The summed E-state index contributed by atoms with van der Waals surface area (Å²) >= 11 is 0. The van der Waals surface area contributed by atoms with Crippen LogP contribution >= 0.6 is 0 Å². The summed E-state index contributed by atoms with van der Waals surface area (Å²) in [6.07, 6.45) is 0.549. The number of para-hydroxylation sites is 2. The van der Waals surface area contributed by atoms with Crippen LogP contribution in [0.25, 0.3) is 0 Å². The maximum Gasteiger partial charge on any atom is 0.303 e. The van der Waals surface area contributed by atoms with Crippen LogP contribution in [0.2, 0.25) is 0 Å². The number of hydrogen-bond acceptors (Lipinski definition) is 4. The maximum atomic E-state index is 13.9. The number of ketones is 1. The molecule has 1 aliphatic heterocycles. The predicted octanol–water partition coefficient (Wildman–Crippen LogP) is 6.07. The summed E-state index contributed by atoms with van der Waals surface area (Å²) in [6, 6.07) is 23.0. The van der Waals surface area contributed by atoms with Gasteiger partial charge in [-0.15, -0.1) is 0 Å². The number of Topliss-reactive ketones (excluding diaryl/α,β-unsaturated/α-hetero) is 1. The molecule has 3 aromatic rings. The van der Waals surface area contributed by atoms with Crippen LogP contribution in [0.3, 0.4) is 0 Å². The molecular formula is C31H30N2O4. The van der Waals surface area contributed by atoms with Gasteiger partial charge in [-0.2, -0.15) is 0 Å². The number of aryl methyl sites for hydroxylation is 2. The van der Waals surface area contributed by atoms with Crippen molar-refractivity contribution in [2.24, 2.45) is 0 Å². The molecule has 5 rings (SSSR count). The molecule has 0 fully saturated rings. The molecule has 1 heterocycles. The second-order valence-corrected chi connectivity index (χ2v) is 9.94. The highest BCUT2D eigenvalue weighted by atomic mass is 16.4. The summed E-state index contributed by atoms with van der Waals surface area (Å²) in [7, 11) is 0. The molecule has 0 spiro atoms. The van der Waals surface area contributed by atoms with Crippen LogP contribution in [0.1, 0.15) is 59.9 Å². The topological polar surface area (TPSA) is 86.7 Å². The third kappa shape index (κ3) is 4.92. The Labute approximate surface area is 216 Å². The number of aliphatic carboxylic acids is 1. The Bertz CT molecular complexity index is 1390. The first-order valence-corrected chi connectivity index (χ1v) is 12.6. The van der Waals surface area contributed by atoms with E-state index in [0.29, 0.717) is 24.1 Å². The highest BCUT2D eigenvalue weighted by Gasteiger charge is 2.41. The van der Waals surface area contributed by atoms with Crippen molar-refractivity contribution in [1.82, 2.24) is 0 Å². The van der Waals surface area contributed by atoms with E-state index in [4.69, 9.17) is 0 Å². The van der Waals surface area contributed by atoms with Gasteiger partial charge in [0.25, 0.3) is 0 Å². The Morgan fingerprint density at radius 1 is 0.865 bits per heavy atom. The van der Waals surface area contributed by atoms with Gasteiger partial charge in [-0.1, -0.05) is 71.8 Å². The van der Waals surface area contributed by atoms with Crippen molar-refractivity contribution in [3.05, 3.63) is 106 Å². The lowest BCUT2D eigenvalue weighted by molar-refractivity contribution is -0.138. The molecule has 0 saturated carbocycles. The number of anilines is 2. The first-order chi connectivity index (χ1) is 17.8. The van der Waals surface area contributed by atoms with Crippen LogP contribution in [-0.2, 0) is 14.4 Å². The van der Waals surface area contributed by atoms with E-state index in [1.54, 1.807) is 4.90 Å². The number of hydrogen-bond donors (Lipinski definition) is 2. The minimum Gasteiger partial charge on any atom is -0.481 e. The average Bonchev–Trinajstić information content (AvgIpc) is 3.03. The Kier molecular flexibility index (Phi) is 6.66. The first-order valence-electron chi connectivity index (χ1n) is 12.6. The fourth-order valence-corrected chi connectivity index (χ4v) is 5.34. The van der Waals surface area contributed by atoms with Crippen molar-refractivity contribution >= 4 is 29.0 Å². The van der Waals surface area contributed by atoms with Gasteiger partial charge >= 0.3 is 5.97 Å². The quantitative estimate of drug-likeness (QED) is 0.450. The van der Waals surface area contributed by atoms with Gasteiger partial charge in [0.05, 0.1) is 23.8 Å². The Balaban J connectivity index is 1.67. The number of amides is 1. The number of rotatable bonds is 5. The number of nitrogens with one attached hydrogen (secondary N) is 1. The van der Waals surface area contributed by atoms with Gasteiger partial charge < -0.3 is 10.4 Å². The zero-order valence-electron chi connectivity index (χ0n) is 21.0. The molecule has 1 amide bonds. The van der Waals surface area contributed by atoms with Crippen molar-refractivity contribution in [2.75, 3.05) is 10.2 Å². The van der Waals surface area contributed by atoms with Crippen molar-refractivity contribution in [2.45, 2.75) is 51.5 Å². The lowest BCUT2D eigenvalue weighted by Crippen LogP contribution is -2.38. The normalized spacial score (nSPS) is 19.0. The summed E-state index contributed by atoms with van der Waals surface area (Å²) in [6.45, 7) is 4.04. The molecule has 0 unspecified atom stereocenters.